The zero-order chi connectivity index (χ0) is 20.1. The minimum atomic E-state index is -4.37. The first-order chi connectivity index (χ1) is 13.4. The summed E-state index contributed by atoms with van der Waals surface area (Å²) in [6.07, 6.45) is -4.37. The molecule has 2 aromatic carbocycles. The van der Waals surface area contributed by atoms with Crippen LogP contribution in [0.25, 0.3) is 11.3 Å². The van der Waals surface area contributed by atoms with Crippen molar-refractivity contribution in [1.29, 1.82) is 0 Å². The van der Waals surface area contributed by atoms with Crippen LogP contribution in [-0.2, 0) is 12.7 Å². The van der Waals surface area contributed by atoms with E-state index in [4.69, 9.17) is 4.74 Å². The normalized spacial score (nSPS) is 12.6. The molecule has 146 valence electrons. The quantitative estimate of drug-likeness (QED) is 0.596. The summed E-state index contributed by atoms with van der Waals surface area (Å²) in [6.45, 7) is 2.59. The van der Waals surface area contributed by atoms with Gasteiger partial charge in [-0.3, -0.25) is 0 Å². The highest BCUT2D eigenvalue weighted by molar-refractivity contribution is 5.66. The molecule has 1 aromatic heterocycles. The number of rotatable bonds is 6. The van der Waals surface area contributed by atoms with Gasteiger partial charge in [0.05, 0.1) is 18.4 Å². The molecule has 3 aromatic rings. The van der Waals surface area contributed by atoms with Crippen molar-refractivity contribution in [3.63, 3.8) is 0 Å². The first kappa shape index (κ1) is 19.9. The largest absolute Gasteiger partial charge is 0.494 e. The van der Waals surface area contributed by atoms with E-state index in [1.807, 2.05) is 36.4 Å². The van der Waals surface area contributed by atoms with Gasteiger partial charge in [-0.15, -0.1) is 0 Å². The van der Waals surface area contributed by atoms with E-state index in [1.54, 1.807) is 6.07 Å². The van der Waals surface area contributed by atoms with Gasteiger partial charge in [0.15, 0.2) is 0 Å². The second-order valence-corrected chi connectivity index (χ2v) is 6.44. The summed E-state index contributed by atoms with van der Waals surface area (Å²) in [4.78, 5) is 4.60. The number of alkyl halides is 3. The summed E-state index contributed by atoms with van der Waals surface area (Å²) >= 11 is 0. The van der Waals surface area contributed by atoms with E-state index in [-0.39, 0.29) is 6.04 Å². The fourth-order valence-corrected chi connectivity index (χ4v) is 2.89. The SMILES string of the molecule is COc1ccc(CNC(C)c2ccccc2)nc1-c1ccc(C(F)(F)F)cc1. The molecule has 0 radical (unpaired) electrons. The molecule has 0 aliphatic rings. The van der Waals surface area contributed by atoms with Crippen LogP contribution in [0.15, 0.2) is 66.7 Å². The van der Waals surface area contributed by atoms with E-state index in [1.165, 1.54) is 24.8 Å². The fourth-order valence-electron chi connectivity index (χ4n) is 2.89. The lowest BCUT2D eigenvalue weighted by molar-refractivity contribution is -0.137. The summed E-state index contributed by atoms with van der Waals surface area (Å²) in [5.41, 5.74) is 2.34. The van der Waals surface area contributed by atoms with Crippen LogP contribution in [-0.4, -0.2) is 12.1 Å². The summed E-state index contributed by atoms with van der Waals surface area (Å²) in [6, 6.07) is 18.7. The van der Waals surface area contributed by atoms with Crippen molar-refractivity contribution in [1.82, 2.24) is 10.3 Å². The Labute approximate surface area is 162 Å². The van der Waals surface area contributed by atoms with E-state index in [9.17, 15) is 13.2 Å². The lowest BCUT2D eigenvalue weighted by atomic mass is 10.1. The standard InChI is InChI=1S/C22H21F3N2O/c1-15(16-6-4-3-5-7-16)26-14-19-12-13-20(28-2)21(27-19)17-8-10-18(11-9-17)22(23,24)25/h3-13,15,26H,14H2,1-2H3. The fraction of sp³-hybridized carbons (Fsp3) is 0.227. The number of ether oxygens (including phenoxy) is 1. The first-order valence-electron chi connectivity index (χ1n) is 8.88. The van der Waals surface area contributed by atoms with Gasteiger partial charge >= 0.3 is 6.18 Å². The van der Waals surface area contributed by atoms with Gasteiger partial charge in [-0.2, -0.15) is 13.2 Å². The minimum absolute atomic E-state index is 0.139. The van der Waals surface area contributed by atoms with Crippen LogP contribution in [0, 0.1) is 0 Å². The number of hydrogen-bond donors (Lipinski definition) is 1. The molecule has 1 N–H and O–H groups in total. The molecule has 1 heterocycles. The third-order valence-electron chi connectivity index (χ3n) is 4.51. The van der Waals surface area contributed by atoms with Crippen LogP contribution in [0.1, 0.15) is 29.8 Å². The highest BCUT2D eigenvalue weighted by atomic mass is 19.4. The Hall–Kier alpha value is -2.86. The molecule has 0 amide bonds. The number of pyridine rings is 1. The third-order valence-corrected chi connectivity index (χ3v) is 4.51. The van der Waals surface area contributed by atoms with Gasteiger partial charge in [0.25, 0.3) is 0 Å². The molecule has 1 atom stereocenters. The van der Waals surface area contributed by atoms with E-state index in [0.29, 0.717) is 23.6 Å². The molecular formula is C22H21F3N2O. The molecule has 0 saturated heterocycles. The van der Waals surface area contributed by atoms with Gasteiger partial charge in [-0.25, -0.2) is 4.98 Å². The molecule has 0 spiro atoms. The van der Waals surface area contributed by atoms with Crippen molar-refractivity contribution < 1.29 is 17.9 Å². The summed E-state index contributed by atoms with van der Waals surface area (Å²) in [7, 11) is 1.51. The predicted octanol–water partition coefficient (Wildman–Crippen LogP) is 5.63. The van der Waals surface area contributed by atoms with E-state index >= 15 is 0 Å². The molecule has 3 nitrogen and oxygen atoms in total. The summed E-state index contributed by atoms with van der Waals surface area (Å²) in [5.74, 6) is 0.514. The maximum atomic E-state index is 12.8. The minimum Gasteiger partial charge on any atom is -0.494 e. The number of halogens is 3. The Kier molecular flexibility index (Phi) is 5.99. The summed E-state index contributed by atoms with van der Waals surface area (Å²) < 4.78 is 43.7. The number of aromatic nitrogens is 1. The molecular weight excluding hydrogens is 365 g/mol. The second kappa shape index (κ2) is 8.44. The highest BCUT2D eigenvalue weighted by Crippen LogP contribution is 2.33. The van der Waals surface area contributed by atoms with Gasteiger partial charge in [0.2, 0.25) is 0 Å². The number of methoxy groups -OCH3 is 1. The summed E-state index contributed by atoms with van der Waals surface area (Å²) in [5, 5.41) is 3.41. The first-order valence-corrected chi connectivity index (χ1v) is 8.88. The van der Waals surface area contributed by atoms with Crippen molar-refractivity contribution >= 4 is 0 Å². The molecule has 0 saturated carbocycles. The second-order valence-electron chi connectivity index (χ2n) is 6.44. The number of hydrogen-bond acceptors (Lipinski definition) is 3. The van der Waals surface area contributed by atoms with E-state index in [2.05, 4.69) is 17.2 Å². The number of nitrogens with zero attached hydrogens (tertiary/aromatic N) is 1. The number of nitrogens with one attached hydrogen (secondary N) is 1. The van der Waals surface area contributed by atoms with E-state index in [0.717, 1.165) is 17.8 Å². The van der Waals surface area contributed by atoms with Crippen molar-refractivity contribution in [2.45, 2.75) is 25.7 Å². The maximum absolute atomic E-state index is 12.8. The molecule has 3 rings (SSSR count). The van der Waals surface area contributed by atoms with Crippen molar-refractivity contribution in [2.24, 2.45) is 0 Å². The van der Waals surface area contributed by atoms with Crippen LogP contribution >= 0.6 is 0 Å². The Bertz CT molecular complexity index is 909. The molecule has 28 heavy (non-hydrogen) atoms. The molecule has 0 bridgehead atoms. The van der Waals surface area contributed by atoms with Crippen molar-refractivity contribution in [3.8, 4) is 17.0 Å². The van der Waals surface area contributed by atoms with Gasteiger partial charge in [0, 0.05) is 18.2 Å². The Morgan fingerprint density at radius 2 is 1.64 bits per heavy atom. The lowest BCUT2D eigenvalue weighted by Crippen LogP contribution is -2.18. The van der Waals surface area contributed by atoms with Crippen LogP contribution in [0.4, 0.5) is 13.2 Å². The average molecular weight is 386 g/mol. The van der Waals surface area contributed by atoms with Gasteiger partial charge in [-0.1, -0.05) is 42.5 Å². The van der Waals surface area contributed by atoms with Gasteiger partial charge in [-0.05, 0) is 36.8 Å². The smallest absolute Gasteiger partial charge is 0.416 e. The molecule has 1 unspecified atom stereocenters. The van der Waals surface area contributed by atoms with Crippen molar-refractivity contribution in [2.75, 3.05) is 7.11 Å². The molecule has 0 aliphatic heterocycles. The van der Waals surface area contributed by atoms with Gasteiger partial charge in [0.1, 0.15) is 11.4 Å². The average Bonchev–Trinajstić information content (AvgIpc) is 2.72. The Morgan fingerprint density at radius 3 is 2.25 bits per heavy atom. The lowest BCUT2D eigenvalue weighted by Gasteiger charge is -2.15. The molecule has 6 heteroatoms. The topological polar surface area (TPSA) is 34.1 Å². The number of benzene rings is 2. The van der Waals surface area contributed by atoms with E-state index < -0.39 is 11.7 Å². The van der Waals surface area contributed by atoms with Gasteiger partial charge < -0.3 is 10.1 Å². The predicted molar refractivity (Wildman–Crippen MR) is 103 cm³/mol. The Balaban J connectivity index is 1.80. The highest BCUT2D eigenvalue weighted by Gasteiger charge is 2.30. The third kappa shape index (κ3) is 4.70. The maximum Gasteiger partial charge on any atom is 0.416 e. The van der Waals surface area contributed by atoms with Crippen LogP contribution in [0.2, 0.25) is 0 Å². The molecule has 0 aliphatic carbocycles. The van der Waals surface area contributed by atoms with Crippen LogP contribution < -0.4 is 10.1 Å². The van der Waals surface area contributed by atoms with Crippen LogP contribution in [0.5, 0.6) is 5.75 Å². The van der Waals surface area contributed by atoms with Crippen molar-refractivity contribution in [3.05, 3.63) is 83.6 Å². The zero-order valence-electron chi connectivity index (χ0n) is 15.6. The zero-order valence-corrected chi connectivity index (χ0v) is 15.6. The molecule has 0 fully saturated rings. The van der Waals surface area contributed by atoms with Crippen LogP contribution in [0.3, 0.4) is 0 Å². The monoisotopic (exact) mass is 386 g/mol. The Morgan fingerprint density at radius 1 is 0.964 bits per heavy atom.